The quantitative estimate of drug-likeness (QED) is 0.661. The van der Waals surface area contributed by atoms with E-state index in [4.69, 9.17) is 14.2 Å². The van der Waals surface area contributed by atoms with Gasteiger partial charge in [0.25, 0.3) is 0 Å². The maximum atomic E-state index is 5.32. The van der Waals surface area contributed by atoms with Gasteiger partial charge in [0.05, 0.1) is 21.3 Å². The summed E-state index contributed by atoms with van der Waals surface area (Å²) in [4.78, 5) is 0. The molecule has 0 radical (unpaired) electrons. The van der Waals surface area contributed by atoms with Gasteiger partial charge in [-0.15, -0.1) is 0 Å². The van der Waals surface area contributed by atoms with Gasteiger partial charge in [0.15, 0.2) is 11.5 Å². The summed E-state index contributed by atoms with van der Waals surface area (Å²) in [5.41, 5.74) is 1.03. The van der Waals surface area contributed by atoms with E-state index < -0.39 is 0 Å². The van der Waals surface area contributed by atoms with Crippen LogP contribution in [0.2, 0.25) is 0 Å². The SMILES string of the molecule is COc1cc(C)c(OC)c(OC)c1[SiH3]. The van der Waals surface area contributed by atoms with Crippen molar-refractivity contribution in [1.29, 1.82) is 0 Å². The van der Waals surface area contributed by atoms with E-state index >= 15 is 0 Å². The summed E-state index contributed by atoms with van der Waals surface area (Å²) < 4.78 is 15.9. The normalized spacial score (nSPS) is 10.0. The first-order valence-corrected chi connectivity index (χ1v) is 5.41. The molecule has 0 fully saturated rings. The fourth-order valence-corrected chi connectivity index (χ4v) is 2.32. The molecule has 1 rings (SSSR count). The third-order valence-electron chi connectivity index (χ3n) is 2.25. The first-order chi connectivity index (χ1) is 6.65. The molecular weight excluding hydrogens is 196 g/mol. The zero-order valence-corrected chi connectivity index (χ0v) is 11.3. The summed E-state index contributed by atoms with van der Waals surface area (Å²) in [5, 5.41) is 1.09. The summed E-state index contributed by atoms with van der Waals surface area (Å²) >= 11 is 0. The Morgan fingerprint density at radius 3 is 2.00 bits per heavy atom. The number of rotatable bonds is 3. The van der Waals surface area contributed by atoms with Crippen LogP contribution >= 0.6 is 0 Å². The molecule has 1 aromatic rings. The number of aryl methyl sites for hydroxylation is 1. The van der Waals surface area contributed by atoms with Crippen LogP contribution in [0.3, 0.4) is 0 Å². The van der Waals surface area contributed by atoms with Crippen molar-refractivity contribution in [2.24, 2.45) is 0 Å². The van der Waals surface area contributed by atoms with Crippen molar-refractivity contribution in [1.82, 2.24) is 0 Å². The van der Waals surface area contributed by atoms with Crippen molar-refractivity contribution < 1.29 is 14.2 Å². The Balaban J connectivity index is 3.40. The summed E-state index contributed by atoms with van der Waals surface area (Å²) in [7, 11) is 5.84. The average molecular weight is 212 g/mol. The largest absolute Gasteiger partial charge is 0.497 e. The lowest BCUT2D eigenvalue weighted by atomic mass is 10.2. The summed E-state index contributed by atoms with van der Waals surface area (Å²) in [6.07, 6.45) is 0. The van der Waals surface area contributed by atoms with Crippen molar-refractivity contribution >= 4 is 15.4 Å². The molecule has 78 valence electrons. The maximum Gasteiger partial charge on any atom is 0.163 e. The van der Waals surface area contributed by atoms with Gasteiger partial charge in [-0.05, 0) is 18.6 Å². The van der Waals surface area contributed by atoms with Crippen LogP contribution in [0, 0.1) is 6.92 Å². The van der Waals surface area contributed by atoms with Crippen LogP contribution in [0.1, 0.15) is 5.56 Å². The Labute approximate surface area is 87.4 Å². The van der Waals surface area contributed by atoms with Gasteiger partial charge in [-0.2, -0.15) is 0 Å². The van der Waals surface area contributed by atoms with E-state index in [1.807, 2.05) is 13.0 Å². The highest BCUT2D eigenvalue weighted by molar-refractivity contribution is 6.36. The van der Waals surface area contributed by atoms with Crippen molar-refractivity contribution in [3.8, 4) is 17.2 Å². The molecule has 3 nitrogen and oxygen atoms in total. The summed E-state index contributed by atoms with van der Waals surface area (Å²) in [6, 6.07) is 1.98. The number of benzene rings is 1. The van der Waals surface area contributed by atoms with Crippen LogP contribution in [-0.4, -0.2) is 31.6 Å². The first-order valence-electron chi connectivity index (χ1n) is 4.41. The highest BCUT2D eigenvalue weighted by atomic mass is 28.1. The Kier molecular flexibility index (Phi) is 3.41. The third kappa shape index (κ3) is 1.70. The van der Waals surface area contributed by atoms with Gasteiger partial charge in [-0.25, -0.2) is 0 Å². The van der Waals surface area contributed by atoms with Crippen molar-refractivity contribution in [3.05, 3.63) is 11.6 Å². The van der Waals surface area contributed by atoms with E-state index in [9.17, 15) is 0 Å². The van der Waals surface area contributed by atoms with E-state index in [2.05, 4.69) is 0 Å². The Morgan fingerprint density at radius 1 is 1.00 bits per heavy atom. The zero-order chi connectivity index (χ0) is 10.7. The number of methoxy groups -OCH3 is 3. The van der Waals surface area contributed by atoms with Crippen LogP contribution < -0.4 is 19.4 Å². The van der Waals surface area contributed by atoms with Crippen LogP contribution in [-0.2, 0) is 0 Å². The van der Waals surface area contributed by atoms with Crippen LogP contribution in [0.5, 0.6) is 17.2 Å². The van der Waals surface area contributed by atoms with E-state index in [1.165, 1.54) is 0 Å². The molecule has 0 aliphatic carbocycles. The topological polar surface area (TPSA) is 27.7 Å². The molecule has 0 aromatic heterocycles. The Morgan fingerprint density at radius 2 is 1.57 bits per heavy atom. The molecular formula is C10H16O3Si. The van der Waals surface area contributed by atoms with Gasteiger partial charge < -0.3 is 14.2 Å². The van der Waals surface area contributed by atoms with E-state index in [-0.39, 0.29) is 0 Å². The van der Waals surface area contributed by atoms with Crippen LogP contribution in [0.25, 0.3) is 0 Å². The molecule has 0 unspecified atom stereocenters. The minimum Gasteiger partial charge on any atom is -0.497 e. The molecule has 0 N–H and O–H groups in total. The minimum absolute atomic E-state index is 0.802. The predicted molar refractivity (Wildman–Crippen MR) is 60.4 cm³/mol. The van der Waals surface area contributed by atoms with Gasteiger partial charge in [0.2, 0.25) is 0 Å². The highest BCUT2D eigenvalue weighted by Crippen LogP contribution is 2.32. The molecule has 0 amide bonds. The lowest BCUT2D eigenvalue weighted by molar-refractivity contribution is 0.350. The van der Waals surface area contributed by atoms with Gasteiger partial charge in [0.1, 0.15) is 5.75 Å². The van der Waals surface area contributed by atoms with Crippen LogP contribution in [0.15, 0.2) is 6.07 Å². The molecule has 0 heterocycles. The Bertz CT molecular complexity index is 337. The van der Waals surface area contributed by atoms with Gasteiger partial charge in [0, 0.05) is 15.4 Å². The second-order valence-electron chi connectivity index (χ2n) is 3.09. The summed E-state index contributed by atoms with van der Waals surface area (Å²) in [5.74, 6) is 2.49. The lowest BCUT2D eigenvalue weighted by Gasteiger charge is -2.15. The maximum absolute atomic E-state index is 5.32. The lowest BCUT2D eigenvalue weighted by Crippen LogP contribution is -2.13. The van der Waals surface area contributed by atoms with E-state index in [0.717, 1.165) is 38.2 Å². The second kappa shape index (κ2) is 4.37. The van der Waals surface area contributed by atoms with E-state index in [0.29, 0.717) is 0 Å². The molecule has 0 saturated carbocycles. The number of hydrogen-bond donors (Lipinski definition) is 0. The number of ether oxygens (including phenoxy) is 3. The monoisotopic (exact) mass is 212 g/mol. The first kappa shape index (κ1) is 10.9. The molecule has 0 spiro atoms. The van der Waals surface area contributed by atoms with Gasteiger partial charge in [-0.1, -0.05) is 0 Å². The standard InChI is InChI=1S/C10H16O3Si/c1-6-5-7(11-2)10(14)9(13-4)8(6)12-3/h5H,1-4,14H3. The Hall–Kier alpha value is -1.16. The minimum atomic E-state index is 0.802. The third-order valence-corrected chi connectivity index (χ3v) is 3.20. The van der Waals surface area contributed by atoms with Crippen molar-refractivity contribution in [3.63, 3.8) is 0 Å². The zero-order valence-electron chi connectivity index (χ0n) is 9.30. The molecule has 0 aliphatic heterocycles. The van der Waals surface area contributed by atoms with E-state index in [1.54, 1.807) is 21.3 Å². The molecule has 0 bridgehead atoms. The fraction of sp³-hybridized carbons (Fsp3) is 0.400. The smallest absolute Gasteiger partial charge is 0.163 e. The van der Waals surface area contributed by atoms with Crippen molar-refractivity contribution in [2.75, 3.05) is 21.3 Å². The predicted octanol–water partition coefficient (Wildman–Crippen LogP) is 0.0115. The van der Waals surface area contributed by atoms with Gasteiger partial charge in [-0.3, -0.25) is 0 Å². The van der Waals surface area contributed by atoms with Crippen molar-refractivity contribution in [2.45, 2.75) is 6.92 Å². The molecule has 0 aliphatic rings. The molecule has 0 saturated heterocycles. The highest BCUT2D eigenvalue weighted by Gasteiger charge is 2.14. The average Bonchev–Trinajstić information content (AvgIpc) is 2.20. The molecule has 4 heteroatoms. The van der Waals surface area contributed by atoms with Gasteiger partial charge >= 0.3 is 0 Å². The molecule has 14 heavy (non-hydrogen) atoms. The fourth-order valence-electron chi connectivity index (χ4n) is 1.54. The molecule has 1 aromatic carbocycles. The molecule has 0 atom stereocenters. The number of hydrogen-bond acceptors (Lipinski definition) is 3. The second-order valence-corrected chi connectivity index (χ2v) is 4.09. The van der Waals surface area contributed by atoms with Crippen LogP contribution in [0.4, 0.5) is 0 Å². The summed E-state index contributed by atoms with van der Waals surface area (Å²) in [6.45, 7) is 1.98.